The van der Waals surface area contributed by atoms with E-state index in [-0.39, 0.29) is 11.7 Å². The van der Waals surface area contributed by atoms with Crippen molar-refractivity contribution in [3.8, 4) is 17.1 Å². The van der Waals surface area contributed by atoms with Gasteiger partial charge in [-0.3, -0.25) is 4.79 Å². The Morgan fingerprint density at radius 1 is 1.30 bits per heavy atom. The van der Waals surface area contributed by atoms with E-state index in [1.54, 1.807) is 0 Å². The molecule has 2 N–H and O–H groups in total. The summed E-state index contributed by atoms with van der Waals surface area (Å²) in [5.41, 5.74) is 6.68. The second kappa shape index (κ2) is 4.23. The third kappa shape index (κ3) is 1.79. The van der Waals surface area contributed by atoms with Gasteiger partial charge in [-0.1, -0.05) is 11.6 Å². The molecule has 1 aliphatic heterocycles. The van der Waals surface area contributed by atoms with Crippen LogP contribution in [0, 0.1) is 6.92 Å². The lowest BCUT2D eigenvalue weighted by atomic mass is 9.97. The lowest BCUT2D eigenvalue weighted by Gasteiger charge is -2.25. The molecule has 0 saturated carbocycles. The molecule has 0 radical (unpaired) electrons. The first-order chi connectivity index (χ1) is 9.47. The molecule has 2 aromatic rings. The van der Waals surface area contributed by atoms with Crippen LogP contribution < -0.4 is 16.1 Å². The van der Waals surface area contributed by atoms with Gasteiger partial charge in [0.25, 0.3) is 5.91 Å². The van der Waals surface area contributed by atoms with Crippen LogP contribution in [0.4, 0.5) is 0 Å². The molecule has 1 aromatic heterocycles. The molecule has 1 aliphatic rings. The maximum Gasteiger partial charge on any atom is 0.349 e. The Kier molecular flexibility index (Phi) is 2.64. The zero-order valence-electron chi connectivity index (χ0n) is 11.1. The number of amides is 1. The maximum absolute atomic E-state index is 11.8. The van der Waals surface area contributed by atoms with Crippen LogP contribution in [-0.4, -0.2) is 5.91 Å². The molecular formula is C15H13NO4. The molecule has 20 heavy (non-hydrogen) atoms. The topological polar surface area (TPSA) is 82.5 Å². The van der Waals surface area contributed by atoms with Crippen LogP contribution in [0.2, 0.25) is 0 Å². The van der Waals surface area contributed by atoms with Gasteiger partial charge >= 0.3 is 5.63 Å². The van der Waals surface area contributed by atoms with Gasteiger partial charge in [0, 0.05) is 5.56 Å². The third-order valence-corrected chi connectivity index (χ3v) is 3.36. The van der Waals surface area contributed by atoms with E-state index in [9.17, 15) is 9.59 Å². The second-order valence-corrected chi connectivity index (χ2v) is 4.86. The van der Waals surface area contributed by atoms with Gasteiger partial charge in [0.2, 0.25) is 0 Å². The van der Waals surface area contributed by atoms with Crippen molar-refractivity contribution >= 4 is 5.91 Å². The zero-order valence-corrected chi connectivity index (χ0v) is 11.1. The van der Waals surface area contributed by atoms with Crippen molar-refractivity contribution in [2.24, 2.45) is 5.73 Å². The molecule has 0 fully saturated rings. The lowest BCUT2D eigenvalue weighted by Crippen LogP contribution is -2.23. The summed E-state index contributed by atoms with van der Waals surface area (Å²) in [6.07, 6.45) is -0.317. The van der Waals surface area contributed by atoms with E-state index in [0.29, 0.717) is 22.6 Å². The Morgan fingerprint density at radius 3 is 2.75 bits per heavy atom. The lowest BCUT2D eigenvalue weighted by molar-refractivity contribution is 0.0996. The summed E-state index contributed by atoms with van der Waals surface area (Å²) in [4.78, 5) is 23.1. The molecule has 0 spiro atoms. The minimum Gasteiger partial charge on any atom is -0.485 e. The Bertz CT molecular complexity index is 776. The molecular weight excluding hydrogens is 258 g/mol. The van der Waals surface area contributed by atoms with E-state index in [0.717, 1.165) is 5.56 Å². The average Bonchev–Trinajstić information content (AvgIpc) is 2.39. The smallest absolute Gasteiger partial charge is 0.349 e. The van der Waals surface area contributed by atoms with Gasteiger partial charge in [-0.05, 0) is 32.0 Å². The van der Waals surface area contributed by atoms with Crippen LogP contribution in [0.15, 0.2) is 33.5 Å². The molecule has 1 aromatic carbocycles. The molecule has 1 atom stereocenters. The van der Waals surface area contributed by atoms with E-state index >= 15 is 0 Å². The van der Waals surface area contributed by atoms with Crippen LogP contribution >= 0.6 is 0 Å². The summed E-state index contributed by atoms with van der Waals surface area (Å²) in [7, 11) is 0. The van der Waals surface area contributed by atoms with Gasteiger partial charge in [-0.15, -0.1) is 0 Å². The number of primary amides is 1. The normalized spacial score (nSPS) is 16.0. The Balaban J connectivity index is 2.32. The highest BCUT2D eigenvalue weighted by molar-refractivity contribution is 5.93. The zero-order chi connectivity index (χ0) is 14.4. The van der Waals surface area contributed by atoms with Crippen LogP contribution in [0.1, 0.15) is 34.5 Å². The van der Waals surface area contributed by atoms with Crippen LogP contribution in [0.5, 0.6) is 5.75 Å². The minimum atomic E-state index is -0.802. The molecule has 102 valence electrons. The van der Waals surface area contributed by atoms with Gasteiger partial charge < -0.3 is 14.9 Å². The Hall–Kier alpha value is -2.56. The molecule has 0 aliphatic carbocycles. The number of carbonyl (C=O) groups excluding carboxylic acids is 1. The highest BCUT2D eigenvalue weighted by Crippen LogP contribution is 2.42. The van der Waals surface area contributed by atoms with E-state index in [1.165, 1.54) is 6.07 Å². The minimum absolute atomic E-state index is 0.157. The number of fused-ring (bicyclic) bond motifs is 3. The maximum atomic E-state index is 11.8. The number of benzene rings is 1. The second-order valence-electron chi connectivity index (χ2n) is 4.86. The molecule has 3 rings (SSSR count). The molecule has 5 heteroatoms. The Morgan fingerprint density at radius 2 is 2.05 bits per heavy atom. The fraction of sp³-hybridized carbons (Fsp3) is 0.200. The van der Waals surface area contributed by atoms with Crippen molar-refractivity contribution in [1.82, 2.24) is 0 Å². The molecule has 2 heterocycles. The summed E-state index contributed by atoms with van der Waals surface area (Å²) < 4.78 is 11.1. The molecule has 0 saturated heterocycles. The average molecular weight is 271 g/mol. The van der Waals surface area contributed by atoms with E-state index in [4.69, 9.17) is 14.9 Å². The van der Waals surface area contributed by atoms with Crippen LogP contribution in [0.25, 0.3) is 11.3 Å². The first kappa shape index (κ1) is 12.5. The van der Waals surface area contributed by atoms with Gasteiger partial charge in [-0.25, -0.2) is 4.79 Å². The van der Waals surface area contributed by atoms with E-state index in [1.807, 2.05) is 32.0 Å². The molecule has 1 amide bonds. The SMILES string of the molecule is Cc1ccc2c(c1)-c1oc(=O)c(C(N)=O)cc1[C@H](C)O2. The third-order valence-electron chi connectivity index (χ3n) is 3.36. The van der Waals surface area contributed by atoms with Crippen molar-refractivity contribution in [2.45, 2.75) is 20.0 Å². The number of aryl methyl sites for hydroxylation is 1. The summed E-state index contributed by atoms with van der Waals surface area (Å²) in [5.74, 6) is 0.298. The molecule has 5 nitrogen and oxygen atoms in total. The predicted octanol–water partition coefficient (Wildman–Crippen LogP) is 2.17. The number of carbonyl (C=O) groups is 1. The monoisotopic (exact) mass is 271 g/mol. The predicted molar refractivity (Wildman–Crippen MR) is 72.7 cm³/mol. The molecule has 0 unspecified atom stereocenters. The number of hydrogen-bond donors (Lipinski definition) is 1. The standard InChI is InChI=1S/C15H13NO4/c1-7-3-4-12-10(5-7)13-9(8(2)19-12)6-11(14(16)17)15(18)20-13/h3-6,8H,1-2H3,(H2,16,17)/t8-/m0/s1. The summed E-state index contributed by atoms with van der Waals surface area (Å²) in [6.45, 7) is 3.76. The van der Waals surface area contributed by atoms with E-state index in [2.05, 4.69) is 0 Å². The van der Waals surface area contributed by atoms with Crippen molar-refractivity contribution in [3.63, 3.8) is 0 Å². The fourth-order valence-electron chi connectivity index (χ4n) is 2.35. The molecule has 0 bridgehead atoms. The number of ether oxygens (including phenoxy) is 1. The van der Waals surface area contributed by atoms with Gasteiger partial charge in [0.05, 0.1) is 5.56 Å². The highest BCUT2D eigenvalue weighted by Gasteiger charge is 2.27. The quantitative estimate of drug-likeness (QED) is 0.861. The van der Waals surface area contributed by atoms with Crippen molar-refractivity contribution in [3.05, 3.63) is 51.4 Å². The summed E-state index contributed by atoms with van der Waals surface area (Å²) in [5, 5.41) is 0. The van der Waals surface area contributed by atoms with Crippen molar-refractivity contribution < 1.29 is 13.9 Å². The van der Waals surface area contributed by atoms with Crippen LogP contribution in [0.3, 0.4) is 0 Å². The van der Waals surface area contributed by atoms with Crippen LogP contribution in [-0.2, 0) is 0 Å². The first-order valence-electron chi connectivity index (χ1n) is 6.23. The summed E-state index contributed by atoms with van der Waals surface area (Å²) >= 11 is 0. The van der Waals surface area contributed by atoms with E-state index < -0.39 is 11.5 Å². The Labute approximate surface area is 115 Å². The number of rotatable bonds is 1. The van der Waals surface area contributed by atoms with Crippen molar-refractivity contribution in [2.75, 3.05) is 0 Å². The van der Waals surface area contributed by atoms with Gasteiger partial charge in [-0.2, -0.15) is 0 Å². The summed E-state index contributed by atoms with van der Waals surface area (Å²) in [6, 6.07) is 7.10. The van der Waals surface area contributed by atoms with Gasteiger partial charge in [0.1, 0.15) is 23.2 Å². The largest absolute Gasteiger partial charge is 0.485 e. The fourth-order valence-corrected chi connectivity index (χ4v) is 2.35. The number of hydrogen-bond acceptors (Lipinski definition) is 4. The van der Waals surface area contributed by atoms with Crippen molar-refractivity contribution in [1.29, 1.82) is 0 Å². The van der Waals surface area contributed by atoms with Gasteiger partial charge in [0.15, 0.2) is 0 Å². The first-order valence-corrected chi connectivity index (χ1v) is 6.23. The number of nitrogens with two attached hydrogens (primary N) is 1. The highest BCUT2D eigenvalue weighted by atomic mass is 16.5.